The highest BCUT2D eigenvalue weighted by atomic mass is 31.2. The molecule has 1 unspecified atom stereocenters. The van der Waals surface area contributed by atoms with Crippen molar-refractivity contribution in [2.45, 2.75) is 25.7 Å². The molecule has 0 bridgehead atoms. The van der Waals surface area contributed by atoms with E-state index in [4.69, 9.17) is 13.8 Å². The highest BCUT2D eigenvalue weighted by Crippen LogP contribution is 2.44. The van der Waals surface area contributed by atoms with Gasteiger partial charge in [-0.3, -0.25) is 4.79 Å². The second-order valence-electron chi connectivity index (χ2n) is 6.41. The van der Waals surface area contributed by atoms with Gasteiger partial charge in [-0.05, 0) is 11.1 Å². The van der Waals surface area contributed by atoms with Crippen LogP contribution in [-0.4, -0.2) is 31.3 Å². The maximum Gasteiger partial charge on any atom is 0.347 e. The first kappa shape index (κ1) is 20.5. The Hall–Kier alpha value is -2.27. The van der Waals surface area contributed by atoms with E-state index in [2.05, 4.69) is 4.74 Å². The minimum atomic E-state index is -1.34. The van der Waals surface area contributed by atoms with Crippen molar-refractivity contribution in [1.29, 1.82) is 0 Å². The number of hydrogen-bond donors (Lipinski definition) is 0. The Bertz CT molecular complexity index is 723. The van der Waals surface area contributed by atoms with Crippen LogP contribution >= 0.6 is 8.38 Å². The number of benzene rings is 2. The number of rotatable bonds is 9. The van der Waals surface area contributed by atoms with Crippen LogP contribution in [-0.2, 0) is 41.3 Å². The monoisotopic (exact) mass is 402 g/mol. The number of cyclic esters (lactones) is 1. The fraction of sp³-hybridized carbons (Fsp3) is 0.333. The molecule has 1 aliphatic rings. The van der Waals surface area contributed by atoms with Gasteiger partial charge in [-0.15, -0.1) is 0 Å². The van der Waals surface area contributed by atoms with Gasteiger partial charge in [0.15, 0.2) is 14.5 Å². The molecule has 1 fully saturated rings. The molecule has 2 aromatic rings. The summed E-state index contributed by atoms with van der Waals surface area (Å²) >= 11 is 0. The third kappa shape index (κ3) is 5.86. The van der Waals surface area contributed by atoms with E-state index in [1.165, 1.54) is 7.11 Å². The summed E-state index contributed by atoms with van der Waals surface area (Å²) in [5, 5.41) is 0. The Balaban J connectivity index is 1.61. The lowest BCUT2D eigenvalue weighted by Crippen LogP contribution is -2.21. The highest BCUT2D eigenvalue weighted by Gasteiger charge is 2.41. The van der Waals surface area contributed by atoms with E-state index in [0.29, 0.717) is 19.4 Å². The second-order valence-corrected chi connectivity index (χ2v) is 7.96. The molecular formula is C21H23O6P. The molecule has 7 heteroatoms. The largest absolute Gasteiger partial charge is 0.466 e. The first-order valence-electron chi connectivity index (χ1n) is 9.05. The van der Waals surface area contributed by atoms with Crippen molar-refractivity contribution in [3.05, 3.63) is 71.8 Å². The minimum Gasteiger partial charge on any atom is -0.466 e. The third-order valence-corrected chi connectivity index (χ3v) is 5.93. The molecule has 2 atom stereocenters. The molecule has 0 aromatic heterocycles. The van der Waals surface area contributed by atoms with Gasteiger partial charge in [-0.25, -0.2) is 4.79 Å². The van der Waals surface area contributed by atoms with Gasteiger partial charge in [-0.1, -0.05) is 60.7 Å². The maximum atomic E-state index is 12.2. The van der Waals surface area contributed by atoms with Crippen LogP contribution in [0.3, 0.4) is 0 Å². The number of hydrogen-bond acceptors (Lipinski definition) is 6. The normalized spacial score (nSPS) is 18.9. The molecule has 148 valence electrons. The van der Waals surface area contributed by atoms with Crippen LogP contribution < -0.4 is 0 Å². The third-order valence-electron chi connectivity index (χ3n) is 4.36. The summed E-state index contributed by atoms with van der Waals surface area (Å²) in [6, 6.07) is 19.6. The lowest BCUT2D eigenvalue weighted by atomic mass is 10.1. The van der Waals surface area contributed by atoms with Crippen LogP contribution in [0.2, 0.25) is 0 Å². The lowest BCUT2D eigenvalue weighted by molar-refractivity contribution is -0.159. The molecule has 28 heavy (non-hydrogen) atoms. The predicted molar refractivity (Wildman–Crippen MR) is 104 cm³/mol. The number of carbonyl (C=O) groups excluding carboxylic acids is 2. The van der Waals surface area contributed by atoms with Crippen LogP contribution in [0.4, 0.5) is 0 Å². The van der Waals surface area contributed by atoms with Gasteiger partial charge in [0, 0.05) is 12.6 Å². The molecule has 2 aromatic carbocycles. The molecule has 1 saturated heterocycles. The van der Waals surface area contributed by atoms with Gasteiger partial charge in [0.1, 0.15) is 0 Å². The number of carbonyl (C=O) groups is 2. The summed E-state index contributed by atoms with van der Waals surface area (Å²) in [6.07, 6.45) is -0.183. The van der Waals surface area contributed by atoms with Gasteiger partial charge in [0.2, 0.25) is 0 Å². The summed E-state index contributed by atoms with van der Waals surface area (Å²) in [6.45, 7) is 0.785. The molecule has 6 nitrogen and oxygen atoms in total. The first-order valence-corrected chi connectivity index (χ1v) is 10.4. The molecule has 0 radical (unpaired) electrons. The van der Waals surface area contributed by atoms with Crippen molar-refractivity contribution >= 4 is 20.3 Å². The van der Waals surface area contributed by atoms with E-state index >= 15 is 0 Å². The van der Waals surface area contributed by atoms with Gasteiger partial charge < -0.3 is 18.5 Å². The maximum absolute atomic E-state index is 12.2. The zero-order chi connectivity index (χ0) is 19.8. The van der Waals surface area contributed by atoms with Gasteiger partial charge in [0.05, 0.1) is 26.2 Å². The topological polar surface area (TPSA) is 71.1 Å². The van der Waals surface area contributed by atoms with Crippen molar-refractivity contribution in [3.63, 3.8) is 0 Å². The van der Waals surface area contributed by atoms with E-state index in [1.54, 1.807) is 0 Å². The van der Waals surface area contributed by atoms with Gasteiger partial charge >= 0.3 is 11.9 Å². The van der Waals surface area contributed by atoms with Crippen molar-refractivity contribution in [3.8, 4) is 0 Å². The van der Waals surface area contributed by atoms with E-state index in [0.717, 1.165) is 11.1 Å². The minimum absolute atomic E-state index is 0.285. The zero-order valence-electron chi connectivity index (χ0n) is 15.7. The average Bonchev–Trinajstić information content (AvgIpc) is 3.11. The fourth-order valence-corrected chi connectivity index (χ4v) is 4.36. The summed E-state index contributed by atoms with van der Waals surface area (Å²) in [4.78, 5) is 23.8. The van der Waals surface area contributed by atoms with Gasteiger partial charge in [-0.2, -0.15) is 0 Å². The second kappa shape index (κ2) is 10.3. The molecule has 0 amide bonds. The Labute approximate surface area is 165 Å². The predicted octanol–water partition coefficient (Wildman–Crippen LogP) is 3.84. The standard InChI is InChI=1S/C21H23O6P/c1-24-21(23)19-12-18(20(22)27-19)15-28(25-13-16-8-4-2-5-9-16)26-14-17-10-6-3-7-11-17/h2-11,18-19H,12-15H2,1H3/t18-,19?/m0/s1. The fourth-order valence-electron chi connectivity index (χ4n) is 2.83. The molecule has 0 aliphatic carbocycles. The molecule has 0 N–H and O–H groups in total. The molecule has 0 spiro atoms. The summed E-state index contributed by atoms with van der Waals surface area (Å²) in [5.41, 5.74) is 2.06. The van der Waals surface area contributed by atoms with Crippen molar-refractivity contribution in [1.82, 2.24) is 0 Å². The van der Waals surface area contributed by atoms with E-state index in [-0.39, 0.29) is 6.42 Å². The Kier molecular flexibility index (Phi) is 7.54. The number of methoxy groups -OCH3 is 1. The smallest absolute Gasteiger partial charge is 0.347 e. The Morgan fingerprint density at radius 1 is 1.00 bits per heavy atom. The quantitative estimate of drug-likeness (QED) is 0.469. The zero-order valence-corrected chi connectivity index (χ0v) is 16.5. The van der Waals surface area contributed by atoms with Crippen molar-refractivity contribution in [2.24, 2.45) is 5.92 Å². The molecule has 1 heterocycles. The molecular weight excluding hydrogens is 379 g/mol. The van der Waals surface area contributed by atoms with Crippen LogP contribution in [0.1, 0.15) is 17.5 Å². The SMILES string of the molecule is COC(=O)C1C[C@@H](CP(OCc2ccccc2)OCc2ccccc2)C(=O)O1. The first-order chi connectivity index (χ1) is 13.7. The number of esters is 2. The van der Waals surface area contributed by atoms with Crippen LogP contribution in [0, 0.1) is 5.92 Å². The average molecular weight is 402 g/mol. The number of ether oxygens (including phenoxy) is 2. The summed E-state index contributed by atoms with van der Waals surface area (Å²) < 4.78 is 21.8. The molecule has 3 rings (SSSR count). The van der Waals surface area contributed by atoms with Crippen LogP contribution in [0.15, 0.2) is 60.7 Å². The van der Waals surface area contributed by atoms with Gasteiger partial charge in [0.25, 0.3) is 0 Å². The van der Waals surface area contributed by atoms with E-state index in [9.17, 15) is 9.59 Å². The van der Waals surface area contributed by atoms with Crippen molar-refractivity contribution in [2.75, 3.05) is 13.3 Å². The summed E-state index contributed by atoms with van der Waals surface area (Å²) in [7, 11) is -0.0611. The molecule has 1 aliphatic heterocycles. The lowest BCUT2D eigenvalue weighted by Gasteiger charge is -2.19. The molecule has 0 saturated carbocycles. The van der Waals surface area contributed by atoms with Crippen molar-refractivity contribution < 1.29 is 28.1 Å². The highest BCUT2D eigenvalue weighted by molar-refractivity contribution is 7.47. The van der Waals surface area contributed by atoms with Crippen LogP contribution in [0.5, 0.6) is 0 Å². The van der Waals surface area contributed by atoms with E-state index < -0.39 is 32.3 Å². The Morgan fingerprint density at radius 2 is 1.54 bits per heavy atom. The van der Waals surface area contributed by atoms with E-state index in [1.807, 2.05) is 60.7 Å². The Morgan fingerprint density at radius 3 is 2.04 bits per heavy atom. The summed E-state index contributed by atoms with van der Waals surface area (Å²) in [5.74, 6) is -1.38. The van der Waals surface area contributed by atoms with Crippen LogP contribution in [0.25, 0.3) is 0 Å².